The van der Waals surface area contributed by atoms with Crippen molar-refractivity contribution in [2.75, 3.05) is 0 Å². The highest BCUT2D eigenvalue weighted by molar-refractivity contribution is 7.10. The Morgan fingerprint density at radius 2 is 2.11 bits per heavy atom. The summed E-state index contributed by atoms with van der Waals surface area (Å²) in [6, 6.07) is 3.12. The van der Waals surface area contributed by atoms with E-state index < -0.39 is 17.6 Å². The third kappa shape index (κ3) is 4.04. The van der Waals surface area contributed by atoms with Crippen LogP contribution in [0.4, 0.5) is 0 Å². The van der Waals surface area contributed by atoms with Gasteiger partial charge in [0.05, 0.1) is 18.0 Å². The van der Waals surface area contributed by atoms with Crippen LogP contribution in [-0.2, 0) is 9.59 Å². The molecule has 0 saturated carbocycles. The van der Waals surface area contributed by atoms with Gasteiger partial charge in [-0.3, -0.25) is 9.59 Å². The molecular weight excluding hydrogens is 264 g/mol. The Morgan fingerprint density at radius 1 is 1.47 bits per heavy atom. The summed E-state index contributed by atoms with van der Waals surface area (Å²) in [5.74, 6) is -1.24. The molecule has 1 amide bonds. The van der Waals surface area contributed by atoms with Crippen LogP contribution in [0.25, 0.3) is 0 Å². The van der Waals surface area contributed by atoms with Crippen LogP contribution in [-0.4, -0.2) is 22.5 Å². The van der Waals surface area contributed by atoms with Gasteiger partial charge in [0.2, 0.25) is 5.91 Å². The lowest BCUT2D eigenvalue weighted by Gasteiger charge is -2.27. The van der Waals surface area contributed by atoms with Crippen LogP contribution in [0.2, 0.25) is 0 Å². The second-order valence-electron chi connectivity index (χ2n) is 4.50. The number of rotatable bonds is 7. The fraction of sp³-hybridized carbons (Fsp3) is 0.538. The molecular formula is C13H20N2O3S. The average Bonchev–Trinajstić information content (AvgIpc) is 2.90. The zero-order chi connectivity index (χ0) is 14.5. The molecule has 1 unspecified atom stereocenters. The molecule has 0 aliphatic carbocycles. The van der Waals surface area contributed by atoms with E-state index >= 15 is 0 Å². The topological polar surface area (TPSA) is 92.4 Å². The van der Waals surface area contributed by atoms with Crippen molar-refractivity contribution in [2.45, 2.75) is 44.7 Å². The van der Waals surface area contributed by atoms with Crippen LogP contribution in [0.1, 0.15) is 44.0 Å². The highest BCUT2D eigenvalue weighted by Gasteiger charge is 2.32. The molecule has 0 spiro atoms. The minimum Gasteiger partial charge on any atom is -0.481 e. The predicted molar refractivity (Wildman–Crippen MR) is 75.0 cm³/mol. The minimum absolute atomic E-state index is 0.143. The molecule has 0 aliphatic rings. The van der Waals surface area contributed by atoms with Gasteiger partial charge >= 0.3 is 5.97 Å². The van der Waals surface area contributed by atoms with E-state index in [0.29, 0.717) is 12.8 Å². The monoisotopic (exact) mass is 284 g/mol. The number of amides is 1. The van der Waals surface area contributed by atoms with Crippen LogP contribution >= 0.6 is 11.3 Å². The summed E-state index contributed by atoms with van der Waals surface area (Å²) in [6.45, 7) is 3.70. The Morgan fingerprint density at radius 3 is 2.53 bits per heavy atom. The molecule has 1 atom stereocenters. The second kappa shape index (κ2) is 6.68. The fourth-order valence-electron chi connectivity index (χ4n) is 1.76. The standard InChI is InChI=1S/C13H20N2O3S/c1-3-13(14,4-2)12(18)15-9(8-11(16)17)10-6-5-7-19-10/h5-7,9H,3-4,8,14H2,1-2H3,(H,15,18)(H,16,17). The molecule has 0 aromatic carbocycles. The van der Waals surface area contributed by atoms with Gasteiger partial charge < -0.3 is 16.2 Å². The number of hydrogen-bond donors (Lipinski definition) is 3. The first-order chi connectivity index (χ1) is 8.92. The lowest BCUT2D eigenvalue weighted by molar-refractivity contribution is -0.138. The molecule has 4 N–H and O–H groups in total. The van der Waals surface area contributed by atoms with Crippen molar-refractivity contribution in [3.8, 4) is 0 Å². The first-order valence-corrected chi connectivity index (χ1v) is 7.16. The number of aliphatic carboxylic acids is 1. The predicted octanol–water partition coefficient (Wildman–Crippen LogP) is 1.90. The number of nitrogens with two attached hydrogens (primary N) is 1. The molecule has 6 heteroatoms. The molecule has 0 radical (unpaired) electrons. The molecule has 106 valence electrons. The lowest BCUT2D eigenvalue weighted by atomic mass is 9.92. The largest absolute Gasteiger partial charge is 0.481 e. The molecule has 0 fully saturated rings. The summed E-state index contributed by atoms with van der Waals surface area (Å²) in [4.78, 5) is 23.9. The van der Waals surface area contributed by atoms with E-state index in [1.807, 2.05) is 31.4 Å². The van der Waals surface area contributed by atoms with Crippen molar-refractivity contribution < 1.29 is 14.7 Å². The van der Waals surface area contributed by atoms with E-state index in [1.54, 1.807) is 0 Å². The van der Waals surface area contributed by atoms with Gasteiger partial charge in [0, 0.05) is 4.88 Å². The van der Waals surface area contributed by atoms with Gasteiger partial charge in [-0.1, -0.05) is 19.9 Å². The maximum atomic E-state index is 12.2. The van der Waals surface area contributed by atoms with E-state index in [1.165, 1.54) is 11.3 Å². The number of carboxylic acid groups (broad SMARTS) is 1. The normalized spacial score (nSPS) is 13.0. The Balaban J connectivity index is 2.84. The van der Waals surface area contributed by atoms with Crippen molar-refractivity contribution in [2.24, 2.45) is 5.73 Å². The number of carbonyl (C=O) groups excluding carboxylic acids is 1. The van der Waals surface area contributed by atoms with Gasteiger partial charge in [0.15, 0.2) is 0 Å². The van der Waals surface area contributed by atoms with Crippen molar-refractivity contribution in [3.63, 3.8) is 0 Å². The number of thiophene rings is 1. The van der Waals surface area contributed by atoms with Crippen LogP contribution in [0.15, 0.2) is 17.5 Å². The third-order valence-corrected chi connectivity index (χ3v) is 4.27. The smallest absolute Gasteiger partial charge is 0.305 e. The SMILES string of the molecule is CCC(N)(CC)C(=O)NC(CC(=O)O)c1cccs1. The van der Waals surface area contributed by atoms with E-state index in [4.69, 9.17) is 10.8 Å². The Hall–Kier alpha value is -1.40. The van der Waals surface area contributed by atoms with Crippen molar-refractivity contribution >= 4 is 23.2 Å². The minimum atomic E-state index is -0.950. The Kier molecular flexibility index (Phi) is 5.50. The van der Waals surface area contributed by atoms with Gasteiger partial charge in [-0.25, -0.2) is 0 Å². The Bertz CT molecular complexity index is 427. The summed E-state index contributed by atoms with van der Waals surface area (Å²) >= 11 is 1.42. The summed E-state index contributed by atoms with van der Waals surface area (Å²) in [5, 5.41) is 13.5. The fourth-order valence-corrected chi connectivity index (χ4v) is 2.54. The molecule has 0 saturated heterocycles. The summed E-state index contributed by atoms with van der Waals surface area (Å²) < 4.78 is 0. The molecule has 5 nitrogen and oxygen atoms in total. The molecule has 1 rings (SSSR count). The quantitative estimate of drug-likeness (QED) is 0.713. The molecule has 1 heterocycles. The lowest BCUT2D eigenvalue weighted by Crippen LogP contribution is -2.53. The molecule has 19 heavy (non-hydrogen) atoms. The van der Waals surface area contributed by atoms with Crippen molar-refractivity contribution in [3.05, 3.63) is 22.4 Å². The highest BCUT2D eigenvalue weighted by Crippen LogP contribution is 2.23. The van der Waals surface area contributed by atoms with Gasteiger partial charge in [-0.2, -0.15) is 0 Å². The number of hydrogen-bond acceptors (Lipinski definition) is 4. The van der Waals surface area contributed by atoms with E-state index in [9.17, 15) is 9.59 Å². The zero-order valence-electron chi connectivity index (χ0n) is 11.2. The number of nitrogens with one attached hydrogen (secondary N) is 1. The van der Waals surface area contributed by atoms with Crippen molar-refractivity contribution in [1.82, 2.24) is 5.32 Å². The third-order valence-electron chi connectivity index (χ3n) is 3.28. The molecule has 1 aromatic heterocycles. The maximum Gasteiger partial charge on any atom is 0.305 e. The van der Waals surface area contributed by atoms with E-state index in [2.05, 4.69) is 5.32 Å². The van der Waals surface area contributed by atoms with Crippen molar-refractivity contribution in [1.29, 1.82) is 0 Å². The number of carboxylic acids is 1. The van der Waals surface area contributed by atoms with Crippen LogP contribution in [0, 0.1) is 0 Å². The summed E-state index contributed by atoms with van der Waals surface area (Å²) in [6.07, 6.45) is 0.884. The van der Waals surface area contributed by atoms with Crippen LogP contribution in [0.5, 0.6) is 0 Å². The molecule has 0 bridgehead atoms. The Labute approximate surface area is 116 Å². The van der Waals surface area contributed by atoms with E-state index in [0.717, 1.165) is 4.88 Å². The first-order valence-electron chi connectivity index (χ1n) is 6.28. The van der Waals surface area contributed by atoms with Crippen LogP contribution in [0.3, 0.4) is 0 Å². The van der Waals surface area contributed by atoms with E-state index in [-0.39, 0.29) is 12.3 Å². The van der Waals surface area contributed by atoms with Crippen LogP contribution < -0.4 is 11.1 Å². The number of carbonyl (C=O) groups is 2. The van der Waals surface area contributed by atoms with Gasteiger partial charge in [0.25, 0.3) is 0 Å². The highest BCUT2D eigenvalue weighted by atomic mass is 32.1. The molecule has 1 aromatic rings. The van der Waals surface area contributed by atoms with Gasteiger partial charge in [-0.05, 0) is 24.3 Å². The molecule has 0 aliphatic heterocycles. The van der Waals surface area contributed by atoms with Gasteiger partial charge in [0.1, 0.15) is 0 Å². The average molecular weight is 284 g/mol. The van der Waals surface area contributed by atoms with Gasteiger partial charge in [-0.15, -0.1) is 11.3 Å². The maximum absolute atomic E-state index is 12.2. The first kappa shape index (κ1) is 15.7. The second-order valence-corrected chi connectivity index (χ2v) is 5.48. The summed E-state index contributed by atoms with van der Waals surface area (Å²) in [7, 11) is 0. The zero-order valence-corrected chi connectivity index (χ0v) is 12.0. The summed E-state index contributed by atoms with van der Waals surface area (Å²) in [5.41, 5.74) is 5.08.